The van der Waals surface area contributed by atoms with Crippen LogP contribution in [-0.2, 0) is 11.3 Å². The number of carbonyl (C=O) groups excluding carboxylic acids is 1. The van der Waals surface area contributed by atoms with E-state index < -0.39 is 0 Å². The van der Waals surface area contributed by atoms with E-state index in [-0.39, 0.29) is 5.91 Å². The Morgan fingerprint density at radius 1 is 0.964 bits per heavy atom. The van der Waals surface area contributed by atoms with E-state index in [1.807, 2.05) is 6.07 Å². The lowest BCUT2D eigenvalue weighted by atomic mass is 10.1. The maximum Gasteiger partial charge on any atom is 0.279 e. The number of anilines is 1. The first-order valence-corrected chi connectivity index (χ1v) is 9.82. The van der Waals surface area contributed by atoms with Crippen LogP contribution in [0, 0.1) is 6.92 Å². The summed E-state index contributed by atoms with van der Waals surface area (Å²) in [6.45, 7) is 7.94. The van der Waals surface area contributed by atoms with Crippen molar-refractivity contribution in [2.45, 2.75) is 13.5 Å². The molecule has 0 saturated carbocycles. The Labute approximate surface area is 167 Å². The van der Waals surface area contributed by atoms with Gasteiger partial charge in [-0.2, -0.15) is 0 Å². The van der Waals surface area contributed by atoms with Gasteiger partial charge >= 0.3 is 0 Å². The predicted octanol–water partition coefficient (Wildman–Crippen LogP) is -0.0657. The standard InChI is InChI=1S/C22H29N3O3/c1-17-6-4-5-7-18(17)15-24-10-12-25(13-11-24)16-22(26)23-19-8-9-20(27-2)21(14-19)28-3/h4-9,14H,10-13,15-16H2,1-3H3,(H,23,26)/p+2. The summed E-state index contributed by atoms with van der Waals surface area (Å²) in [6.07, 6.45) is 0. The minimum atomic E-state index is 0.0320. The number of nitrogens with one attached hydrogen (secondary N) is 3. The molecule has 2 aromatic carbocycles. The molecule has 6 heteroatoms. The first kappa shape index (κ1) is 20.2. The van der Waals surface area contributed by atoms with Crippen molar-refractivity contribution in [1.82, 2.24) is 0 Å². The van der Waals surface area contributed by atoms with Crippen LogP contribution in [0.1, 0.15) is 11.1 Å². The number of methoxy groups -OCH3 is 2. The van der Waals surface area contributed by atoms with Crippen molar-refractivity contribution in [1.29, 1.82) is 0 Å². The van der Waals surface area contributed by atoms with E-state index in [9.17, 15) is 4.79 Å². The summed E-state index contributed by atoms with van der Waals surface area (Å²) in [7, 11) is 3.19. The lowest BCUT2D eigenvalue weighted by Crippen LogP contribution is -3.28. The third-order valence-electron chi connectivity index (χ3n) is 5.44. The highest BCUT2D eigenvalue weighted by Crippen LogP contribution is 2.29. The molecule has 0 atom stereocenters. The van der Waals surface area contributed by atoms with Crippen LogP contribution in [0.15, 0.2) is 42.5 Å². The van der Waals surface area contributed by atoms with E-state index in [1.165, 1.54) is 16.0 Å². The molecule has 150 valence electrons. The van der Waals surface area contributed by atoms with Crippen LogP contribution in [0.4, 0.5) is 5.69 Å². The number of rotatable bonds is 7. The average Bonchev–Trinajstić information content (AvgIpc) is 2.71. The molecule has 2 aromatic rings. The molecule has 6 nitrogen and oxygen atoms in total. The molecule has 0 aromatic heterocycles. The maximum absolute atomic E-state index is 12.4. The van der Waals surface area contributed by atoms with Crippen LogP contribution in [0.2, 0.25) is 0 Å². The predicted molar refractivity (Wildman–Crippen MR) is 109 cm³/mol. The normalized spacial score (nSPS) is 19.1. The Morgan fingerprint density at radius 3 is 2.32 bits per heavy atom. The summed E-state index contributed by atoms with van der Waals surface area (Å²) >= 11 is 0. The molecular formula is C22H31N3O3+2. The van der Waals surface area contributed by atoms with Crippen molar-refractivity contribution >= 4 is 11.6 Å². The van der Waals surface area contributed by atoms with E-state index in [1.54, 1.807) is 31.3 Å². The first-order chi connectivity index (χ1) is 13.6. The highest BCUT2D eigenvalue weighted by atomic mass is 16.5. The average molecular weight is 386 g/mol. The Morgan fingerprint density at radius 2 is 1.64 bits per heavy atom. The largest absolute Gasteiger partial charge is 0.493 e. The third kappa shape index (κ3) is 5.24. The number of piperazine rings is 1. The van der Waals surface area contributed by atoms with Gasteiger partial charge in [-0.15, -0.1) is 0 Å². The molecule has 1 amide bonds. The van der Waals surface area contributed by atoms with Gasteiger partial charge in [-0.05, 0) is 24.6 Å². The molecule has 28 heavy (non-hydrogen) atoms. The molecule has 1 fully saturated rings. The number of hydrogen-bond donors (Lipinski definition) is 3. The lowest BCUT2D eigenvalue weighted by Gasteiger charge is -2.29. The minimum Gasteiger partial charge on any atom is -0.493 e. The number of ether oxygens (including phenoxy) is 2. The van der Waals surface area contributed by atoms with Crippen LogP contribution >= 0.6 is 0 Å². The second-order valence-electron chi connectivity index (χ2n) is 7.40. The number of hydrogen-bond acceptors (Lipinski definition) is 3. The Balaban J connectivity index is 1.47. The van der Waals surface area contributed by atoms with Gasteiger partial charge in [0.05, 0.1) is 14.2 Å². The summed E-state index contributed by atoms with van der Waals surface area (Å²) in [6, 6.07) is 14.0. The zero-order valence-electron chi connectivity index (χ0n) is 17.0. The monoisotopic (exact) mass is 385 g/mol. The molecule has 3 N–H and O–H groups in total. The second-order valence-corrected chi connectivity index (χ2v) is 7.40. The van der Waals surface area contributed by atoms with Crippen molar-refractivity contribution < 1.29 is 24.1 Å². The third-order valence-corrected chi connectivity index (χ3v) is 5.44. The fourth-order valence-electron chi connectivity index (χ4n) is 3.73. The first-order valence-electron chi connectivity index (χ1n) is 9.82. The van der Waals surface area contributed by atoms with Crippen LogP contribution in [0.25, 0.3) is 0 Å². The summed E-state index contributed by atoms with van der Waals surface area (Å²) in [5.74, 6) is 1.30. The van der Waals surface area contributed by atoms with Gasteiger partial charge in [-0.25, -0.2) is 0 Å². The summed E-state index contributed by atoms with van der Waals surface area (Å²) in [5, 5.41) is 2.97. The highest BCUT2D eigenvalue weighted by molar-refractivity contribution is 5.91. The topological polar surface area (TPSA) is 56.4 Å². The quantitative estimate of drug-likeness (QED) is 0.626. The zero-order chi connectivity index (χ0) is 19.9. The number of quaternary nitrogens is 2. The molecule has 0 unspecified atom stereocenters. The van der Waals surface area contributed by atoms with Crippen molar-refractivity contribution in [3.63, 3.8) is 0 Å². The van der Waals surface area contributed by atoms with Gasteiger partial charge in [0.15, 0.2) is 18.0 Å². The fraction of sp³-hybridized carbons (Fsp3) is 0.409. The number of aryl methyl sites for hydroxylation is 1. The van der Waals surface area contributed by atoms with Gasteiger partial charge < -0.3 is 24.6 Å². The molecule has 0 bridgehead atoms. The fourth-order valence-corrected chi connectivity index (χ4v) is 3.73. The van der Waals surface area contributed by atoms with Gasteiger partial charge in [-0.1, -0.05) is 24.3 Å². The summed E-state index contributed by atoms with van der Waals surface area (Å²) in [4.78, 5) is 15.4. The highest BCUT2D eigenvalue weighted by Gasteiger charge is 2.25. The van der Waals surface area contributed by atoms with E-state index in [4.69, 9.17) is 9.47 Å². The molecule has 1 saturated heterocycles. The van der Waals surface area contributed by atoms with Gasteiger partial charge in [0, 0.05) is 17.3 Å². The van der Waals surface area contributed by atoms with Crippen LogP contribution in [-0.4, -0.2) is 52.9 Å². The van der Waals surface area contributed by atoms with Crippen LogP contribution < -0.4 is 24.6 Å². The summed E-state index contributed by atoms with van der Waals surface area (Å²) in [5.41, 5.74) is 3.51. The van der Waals surface area contributed by atoms with Crippen molar-refractivity contribution in [2.75, 3.05) is 52.3 Å². The van der Waals surface area contributed by atoms with Crippen molar-refractivity contribution in [2.24, 2.45) is 0 Å². The molecule has 0 radical (unpaired) electrons. The van der Waals surface area contributed by atoms with E-state index in [2.05, 4.69) is 36.5 Å². The molecule has 0 aliphatic carbocycles. The second kappa shape index (κ2) is 9.57. The molecule has 1 aliphatic heterocycles. The van der Waals surface area contributed by atoms with Gasteiger partial charge in [0.2, 0.25) is 0 Å². The lowest BCUT2D eigenvalue weighted by molar-refractivity contribution is -1.02. The Bertz CT molecular complexity index is 801. The zero-order valence-corrected chi connectivity index (χ0v) is 17.0. The number of amides is 1. The van der Waals surface area contributed by atoms with E-state index in [0.29, 0.717) is 18.0 Å². The number of carbonyl (C=O) groups is 1. The number of benzene rings is 2. The van der Waals surface area contributed by atoms with Gasteiger partial charge in [0.25, 0.3) is 5.91 Å². The van der Waals surface area contributed by atoms with E-state index >= 15 is 0 Å². The molecule has 1 aliphatic rings. The van der Waals surface area contributed by atoms with Crippen LogP contribution in [0.3, 0.4) is 0 Å². The summed E-state index contributed by atoms with van der Waals surface area (Å²) < 4.78 is 10.5. The molecule has 3 rings (SSSR count). The van der Waals surface area contributed by atoms with E-state index in [0.717, 1.165) is 38.4 Å². The van der Waals surface area contributed by atoms with Crippen LogP contribution in [0.5, 0.6) is 11.5 Å². The molecule has 1 heterocycles. The van der Waals surface area contributed by atoms with Gasteiger partial charge in [0.1, 0.15) is 32.7 Å². The van der Waals surface area contributed by atoms with Gasteiger partial charge in [-0.3, -0.25) is 4.79 Å². The smallest absolute Gasteiger partial charge is 0.279 e. The minimum absolute atomic E-state index is 0.0320. The van der Waals surface area contributed by atoms with Crippen molar-refractivity contribution in [3.05, 3.63) is 53.6 Å². The maximum atomic E-state index is 12.4. The Kier molecular flexibility index (Phi) is 6.90. The Hall–Kier alpha value is -2.57. The molecular weight excluding hydrogens is 354 g/mol. The van der Waals surface area contributed by atoms with Crippen molar-refractivity contribution in [3.8, 4) is 11.5 Å². The molecule has 0 spiro atoms. The SMILES string of the molecule is COc1ccc(NC(=O)C[NH+]2CC[NH+](Cc3ccccc3C)CC2)cc1OC.